The lowest BCUT2D eigenvalue weighted by Gasteiger charge is -2.21. The lowest BCUT2D eigenvalue weighted by atomic mass is 10.1. The van der Waals surface area contributed by atoms with E-state index >= 15 is 0 Å². The highest BCUT2D eigenvalue weighted by molar-refractivity contribution is 6.06. The summed E-state index contributed by atoms with van der Waals surface area (Å²) in [6, 6.07) is 10.8. The van der Waals surface area contributed by atoms with Crippen molar-refractivity contribution >= 4 is 45.3 Å². The molecule has 1 aliphatic rings. The number of hydrogen-bond acceptors (Lipinski definition) is 8. The summed E-state index contributed by atoms with van der Waals surface area (Å²) in [5, 5.41) is 9.19. The van der Waals surface area contributed by atoms with Crippen molar-refractivity contribution in [2.75, 3.05) is 17.2 Å². The topological polar surface area (TPSA) is 145 Å². The molecule has 0 bridgehead atoms. The molecule has 4 heterocycles. The Morgan fingerprint density at radius 2 is 2.00 bits per heavy atom. The number of ether oxygens (including phenoxy) is 1. The molecular formula is C27H25N7O5. The van der Waals surface area contributed by atoms with Crippen molar-refractivity contribution in [3.05, 3.63) is 76.3 Å². The van der Waals surface area contributed by atoms with Gasteiger partial charge in [0.15, 0.2) is 17.9 Å². The number of amides is 2. The van der Waals surface area contributed by atoms with E-state index in [0.29, 0.717) is 33.6 Å². The average Bonchev–Trinajstić information content (AvgIpc) is 3.41. The van der Waals surface area contributed by atoms with Gasteiger partial charge in [0.2, 0.25) is 0 Å². The first-order valence-corrected chi connectivity index (χ1v) is 12.3. The molecule has 0 fully saturated rings. The van der Waals surface area contributed by atoms with Gasteiger partial charge in [-0.2, -0.15) is 0 Å². The Morgan fingerprint density at radius 3 is 2.85 bits per heavy atom. The fraction of sp³-hybridized carbons (Fsp3) is 0.222. The van der Waals surface area contributed by atoms with Crippen molar-refractivity contribution in [3.63, 3.8) is 0 Å². The van der Waals surface area contributed by atoms with Gasteiger partial charge in [-0.15, -0.1) is 0 Å². The Balaban J connectivity index is 1.22. The average molecular weight is 528 g/mol. The van der Waals surface area contributed by atoms with E-state index in [4.69, 9.17) is 9.15 Å². The molecule has 3 N–H and O–H groups in total. The number of nitrogens with zero attached hydrogens (tertiary/aromatic N) is 4. The maximum atomic E-state index is 13.2. The highest BCUT2D eigenvalue weighted by Crippen LogP contribution is 2.33. The van der Waals surface area contributed by atoms with Gasteiger partial charge in [0.05, 0.1) is 16.9 Å². The molecule has 3 aromatic heterocycles. The Kier molecular flexibility index (Phi) is 5.78. The first-order chi connectivity index (χ1) is 18.8. The summed E-state index contributed by atoms with van der Waals surface area (Å²) in [7, 11) is 3.46. The monoisotopic (exact) mass is 527 g/mol. The highest BCUT2D eigenvalue weighted by Gasteiger charge is 2.21. The van der Waals surface area contributed by atoms with E-state index in [9.17, 15) is 14.4 Å². The van der Waals surface area contributed by atoms with Crippen LogP contribution < -0.4 is 26.4 Å². The number of carbonyl (C=O) groups is 2. The Bertz CT molecular complexity index is 1830. The lowest BCUT2D eigenvalue weighted by molar-refractivity contribution is -0.118. The lowest BCUT2D eigenvalue weighted by Crippen LogP contribution is -2.25. The third-order valence-electron chi connectivity index (χ3n) is 6.79. The van der Waals surface area contributed by atoms with Gasteiger partial charge >= 0.3 is 5.76 Å². The maximum Gasteiger partial charge on any atom is 0.419 e. The predicted molar refractivity (Wildman–Crippen MR) is 144 cm³/mol. The van der Waals surface area contributed by atoms with E-state index < -0.39 is 5.76 Å². The number of rotatable bonds is 6. The largest absolute Gasteiger partial charge is 0.482 e. The summed E-state index contributed by atoms with van der Waals surface area (Å²) < 4.78 is 13.9. The van der Waals surface area contributed by atoms with Gasteiger partial charge in [-0.1, -0.05) is 12.1 Å². The van der Waals surface area contributed by atoms with Gasteiger partial charge < -0.3 is 29.7 Å². The summed E-state index contributed by atoms with van der Waals surface area (Å²) in [4.78, 5) is 45.4. The van der Waals surface area contributed by atoms with Crippen molar-refractivity contribution < 1.29 is 18.7 Å². The van der Waals surface area contributed by atoms with Crippen LogP contribution >= 0.6 is 0 Å². The first-order valence-electron chi connectivity index (χ1n) is 12.3. The normalized spacial score (nSPS) is 13.6. The van der Waals surface area contributed by atoms with Crippen LogP contribution in [-0.2, 0) is 25.4 Å². The molecule has 6 rings (SSSR count). The molecule has 1 atom stereocenters. The van der Waals surface area contributed by atoms with Gasteiger partial charge in [0, 0.05) is 32.9 Å². The number of fused-ring (bicyclic) bond motifs is 3. The van der Waals surface area contributed by atoms with Crippen molar-refractivity contribution in [2.24, 2.45) is 14.1 Å². The number of benzene rings is 2. The standard InChI is InChI=1S/C27H25N7O5/c1-14(16-5-7-20-17(9-16)32-22(35)12-38-20)31-18-11-33(2)25-23(18)29-13-30-24(25)26(36)28-10-15-4-6-21-19(8-15)34(3)27(37)39-21/h4-9,11,13-14,31H,10,12H2,1-3H3,(H,28,36)(H,32,35). The Hall–Kier alpha value is -5.13. The van der Waals surface area contributed by atoms with E-state index in [0.717, 1.165) is 16.8 Å². The van der Waals surface area contributed by atoms with Crippen LogP contribution in [0.4, 0.5) is 11.4 Å². The molecule has 1 unspecified atom stereocenters. The van der Waals surface area contributed by atoms with E-state index in [-0.39, 0.29) is 36.7 Å². The molecular weight excluding hydrogens is 502 g/mol. The van der Waals surface area contributed by atoms with Crippen LogP contribution in [0, 0.1) is 0 Å². The quantitative estimate of drug-likeness (QED) is 0.306. The summed E-state index contributed by atoms with van der Waals surface area (Å²) >= 11 is 0. The molecule has 0 radical (unpaired) electrons. The predicted octanol–water partition coefficient (Wildman–Crippen LogP) is 2.85. The highest BCUT2D eigenvalue weighted by atomic mass is 16.5. The van der Waals surface area contributed by atoms with E-state index in [2.05, 4.69) is 25.9 Å². The zero-order valence-electron chi connectivity index (χ0n) is 21.4. The fourth-order valence-corrected chi connectivity index (χ4v) is 4.74. The molecule has 198 valence electrons. The second-order valence-electron chi connectivity index (χ2n) is 9.44. The summed E-state index contributed by atoms with van der Waals surface area (Å²) in [6.45, 7) is 2.24. The molecule has 2 aromatic carbocycles. The van der Waals surface area contributed by atoms with Crippen LogP contribution in [-0.4, -0.2) is 37.5 Å². The van der Waals surface area contributed by atoms with Gasteiger partial charge in [-0.05, 0) is 42.3 Å². The Morgan fingerprint density at radius 1 is 1.15 bits per heavy atom. The smallest absolute Gasteiger partial charge is 0.419 e. The van der Waals surface area contributed by atoms with Crippen LogP contribution in [0.3, 0.4) is 0 Å². The van der Waals surface area contributed by atoms with Crippen LogP contribution in [0.1, 0.15) is 34.6 Å². The van der Waals surface area contributed by atoms with Crippen molar-refractivity contribution in [3.8, 4) is 5.75 Å². The third kappa shape index (κ3) is 4.35. The summed E-state index contributed by atoms with van der Waals surface area (Å²) in [6.07, 6.45) is 3.23. The number of hydrogen-bond donors (Lipinski definition) is 3. The second-order valence-corrected chi connectivity index (χ2v) is 9.44. The van der Waals surface area contributed by atoms with E-state index in [1.54, 1.807) is 25.2 Å². The SMILES string of the molecule is CC(Nc1cn(C)c2c(C(=O)NCc3ccc4oc(=O)n(C)c4c3)ncnc12)c1ccc2c(c1)NC(=O)CO2. The van der Waals surface area contributed by atoms with Crippen molar-refractivity contribution in [1.82, 2.24) is 24.4 Å². The first kappa shape index (κ1) is 24.2. The number of nitrogens with one attached hydrogen (secondary N) is 3. The summed E-state index contributed by atoms with van der Waals surface area (Å²) in [5.74, 6) is -0.350. The van der Waals surface area contributed by atoms with Crippen LogP contribution in [0.2, 0.25) is 0 Å². The minimum Gasteiger partial charge on any atom is -0.482 e. The van der Waals surface area contributed by atoms with E-state index in [1.165, 1.54) is 10.9 Å². The summed E-state index contributed by atoms with van der Waals surface area (Å²) in [5.41, 5.74) is 5.69. The molecule has 39 heavy (non-hydrogen) atoms. The second kappa shape index (κ2) is 9.31. The van der Waals surface area contributed by atoms with Gasteiger partial charge in [0.1, 0.15) is 23.1 Å². The molecule has 0 saturated carbocycles. The van der Waals surface area contributed by atoms with Gasteiger partial charge in [-0.3, -0.25) is 14.2 Å². The van der Waals surface area contributed by atoms with Crippen LogP contribution in [0.5, 0.6) is 5.75 Å². The minimum atomic E-state index is -0.440. The molecule has 1 aliphatic heterocycles. The van der Waals surface area contributed by atoms with Gasteiger partial charge in [0.25, 0.3) is 11.8 Å². The number of carbonyl (C=O) groups excluding carboxylic acids is 2. The molecule has 5 aromatic rings. The molecule has 0 aliphatic carbocycles. The van der Waals surface area contributed by atoms with Crippen LogP contribution in [0.15, 0.2) is 58.1 Å². The number of aryl methyl sites for hydroxylation is 2. The van der Waals surface area contributed by atoms with Crippen molar-refractivity contribution in [1.29, 1.82) is 0 Å². The number of aromatic nitrogens is 4. The Labute approximate surface area is 221 Å². The fourth-order valence-electron chi connectivity index (χ4n) is 4.74. The molecule has 12 nitrogen and oxygen atoms in total. The molecule has 2 amide bonds. The molecule has 0 spiro atoms. The molecule has 12 heteroatoms. The van der Waals surface area contributed by atoms with Crippen LogP contribution in [0.25, 0.3) is 22.1 Å². The maximum absolute atomic E-state index is 13.2. The zero-order chi connectivity index (χ0) is 27.3. The van der Waals surface area contributed by atoms with Gasteiger partial charge in [-0.25, -0.2) is 14.8 Å². The number of anilines is 2. The third-order valence-corrected chi connectivity index (χ3v) is 6.79. The van der Waals surface area contributed by atoms with E-state index in [1.807, 2.05) is 42.9 Å². The zero-order valence-corrected chi connectivity index (χ0v) is 21.4. The van der Waals surface area contributed by atoms with Crippen molar-refractivity contribution in [2.45, 2.75) is 19.5 Å². The number of oxazole rings is 1. The molecule has 0 saturated heterocycles. The minimum absolute atomic E-state index is 0.00635.